The van der Waals surface area contributed by atoms with Crippen LogP contribution in [0.3, 0.4) is 0 Å². The Morgan fingerprint density at radius 3 is 3.04 bits per heavy atom. The van der Waals surface area contributed by atoms with E-state index in [0.29, 0.717) is 12.2 Å². The van der Waals surface area contributed by atoms with Gasteiger partial charge in [-0.25, -0.2) is 4.98 Å². The molecule has 1 aromatic carbocycles. The fourth-order valence-electron chi connectivity index (χ4n) is 3.42. The van der Waals surface area contributed by atoms with Crippen LogP contribution < -0.4 is 0 Å². The lowest BCUT2D eigenvalue weighted by Gasteiger charge is -2.47. The number of nitrogens with zero attached hydrogens (tertiary/aromatic N) is 2. The van der Waals surface area contributed by atoms with Gasteiger partial charge >= 0.3 is 0 Å². The lowest BCUT2D eigenvalue weighted by molar-refractivity contribution is 0.0246. The summed E-state index contributed by atoms with van der Waals surface area (Å²) >= 11 is 3.56. The summed E-state index contributed by atoms with van der Waals surface area (Å²) in [6.45, 7) is 4.07. The van der Waals surface area contributed by atoms with E-state index in [9.17, 15) is 9.90 Å². The zero-order valence-electron chi connectivity index (χ0n) is 14.0. The van der Waals surface area contributed by atoms with E-state index in [2.05, 4.69) is 4.98 Å². The number of aromatic nitrogens is 1. The van der Waals surface area contributed by atoms with Gasteiger partial charge in [-0.3, -0.25) is 4.79 Å². The van der Waals surface area contributed by atoms with Crippen LogP contribution in [0.15, 0.2) is 29.6 Å². The van der Waals surface area contributed by atoms with E-state index in [1.54, 1.807) is 29.5 Å². The molecule has 1 atom stereocenters. The van der Waals surface area contributed by atoms with Crippen LogP contribution in [0, 0.1) is 6.92 Å². The van der Waals surface area contributed by atoms with Crippen LogP contribution in [-0.4, -0.2) is 50.6 Å². The number of thiazole rings is 1. The van der Waals surface area contributed by atoms with E-state index >= 15 is 0 Å². The Labute approximate surface area is 155 Å². The van der Waals surface area contributed by atoms with Gasteiger partial charge in [0.15, 0.2) is 0 Å². The molecule has 2 fully saturated rings. The number of hydrogen-bond acceptors (Lipinski definition) is 6. The number of hydrogen-bond donors (Lipinski definition) is 1. The summed E-state index contributed by atoms with van der Waals surface area (Å²) in [6.07, 6.45) is 1.20. The first-order valence-corrected chi connectivity index (χ1v) is 10.1. The van der Waals surface area contributed by atoms with Gasteiger partial charge in [0, 0.05) is 29.8 Å². The fourth-order valence-corrected chi connectivity index (χ4v) is 5.57. The van der Waals surface area contributed by atoms with Crippen molar-refractivity contribution in [2.75, 3.05) is 18.8 Å². The molecule has 0 aliphatic carbocycles. The van der Waals surface area contributed by atoms with Gasteiger partial charge in [-0.2, -0.15) is 0 Å². The van der Waals surface area contributed by atoms with Gasteiger partial charge in [0.05, 0.1) is 28.2 Å². The van der Waals surface area contributed by atoms with Crippen LogP contribution in [-0.2, 0) is 11.3 Å². The van der Waals surface area contributed by atoms with Crippen molar-refractivity contribution in [3.8, 4) is 5.75 Å². The van der Waals surface area contributed by atoms with Crippen LogP contribution >= 0.6 is 23.1 Å². The number of carbonyl (C=O) groups excluding carboxylic acids is 1. The maximum Gasteiger partial charge on any atom is 0.254 e. The zero-order valence-corrected chi connectivity index (χ0v) is 15.6. The molecular formula is C18H20N2O3S2. The average molecular weight is 377 g/mol. The number of likely N-dealkylation sites (tertiary alicyclic amines) is 1. The number of aromatic hydroxyl groups is 1. The summed E-state index contributed by atoms with van der Waals surface area (Å²) in [5.74, 6) is 1.09. The molecule has 2 aromatic rings. The van der Waals surface area contributed by atoms with Gasteiger partial charge in [-0.1, -0.05) is 6.07 Å². The second-order valence-electron chi connectivity index (χ2n) is 6.70. The topological polar surface area (TPSA) is 62.7 Å². The summed E-state index contributed by atoms with van der Waals surface area (Å²) in [6, 6.07) is 6.55. The van der Waals surface area contributed by atoms with Crippen LogP contribution in [0.4, 0.5) is 0 Å². The summed E-state index contributed by atoms with van der Waals surface area (Å²) in [4.78, 5) is 18.8. The normalized spacial score (nSPS) is 21.5. The molecule has 3 heterocycles. The molecular weight excluding hydrogens is 356 g/mol. The Hall–Kier alpha value is -1.57. The van der Waals surface area contributed by atoms with Crippen molar-refractivity contribution in [1.82, 2.24) is 9.88 Å². The quantitative estimate of drug-likeness (QED) is 0.888. The summed E-state index contributed by atoms with van der Waals surface area (Å²) in [7, 11) is 0. The van der Waals surface area contributed by atoms with E-state index in [1.807, 2.05) is 29.0 Å². The second-order valence-corrected chi connectivity index (χ2v) is 9.25. The van der Waals surface area contributed by atoms with Crippen molar-refractivity contribution in [3.05, 3.63) is 45.9 Å². The first-order valence-electron chi connectivity index (χ1n) is 8.28. The number of rotatable bonds is 4. The van der Waals surface area contributed by atoms with Crippen molar-refractivity contribution in [3.63, 3.8) is 0 Å². The molecule has 132 valence electrons. The lowest BCUT2D eigenvalue weighted by atomic mass is 9.92. The van der Waals surface area contributed by atoms with E-state index in [0.717, 1.165) is 36.0 Å². The number of benzene rings is 1. The average Bonchev–Trinajstić information content (AvgIpc) is 3.17. The van der Waals surface area contributed by atoms with Crippen molar-refractivity contribution in [2.45, 2.75) is 30.8 Å². The van der Waals surface area contributed by atoms with Gasteiger partial charge < -0.3 is 14.7 Å². The highest BCUT2D eigenvalue weighted by Crippen LogP contribution is 2.46. The molecule has 1 aromatic heterocycles. The molecule has 2 aliphatic heterocycles. The summed E-state index contributed by atoms with van der Waals surface area (Å²) < 4.78 is 6.15. The fraction of sp³-hybridized carbons (Fsp3) is 0.444. The maximum atomic E-state index is 12.5. The summed E-state index contributed by atoms with van der Waals surface area (Å²) in [5, 5.41) is 12.6. The molecule has 0 unspecified atom stereocenters. The second kappa shape index (κ2) is 6.63. The smallest absolute Gasteiger partial charge is 0.254 e. The predicted octanol–water partition coefficient (Wildman–Crippen LogP) is 3.07. The highest BCUT2D eigenvalue weighted by Gasteiger charge is 2.51. The number of carbonyl (C=O) groups is 1. The standard InChI is InChI=1S/C18H20N2O3S2/c1-12-19-14(8-24-12)7-23-16-6-18(25-9-16)10-20(11-18)17(22)13-3-2-4-15(21)5-13/h2-5,8,16,21H,6-7,9-11H2,1H3/t16-/m1/s1. The first-order chi connectivity index (χ1) is 12.0. The molecule has 25 heavy (non-hydrogen) atoms. The summed E-state index contributed by atoms with van der Waals surface area (Å²) in [5.41, 5.74) is 1.55. The monoisotopic (exact) mass is 376 g/mol. The lowest BCUT2D eigenvalue weighted by Crippen LogP contribution is -2.60. The molecule has 0 bridgehead atoms. The molecule has 0 radical (unpaired) electrons. The van der Waals surface area contributed by atoms with Crippen molar-refractivity contribution in [2.24, 2.45) is 0 Å². The Kier molecular flexibility index (Phi) is 4.47. The van der Waals surface area contributed by atoms with E-state index in [1.165, 1.54) is 6.07 Å². The minimum Gasteiger partial charge on any atom is -0.508 e. The largest absolute Gasteiger partial charge is 0.508 e. The Bertz CT molecular complexity index is 786. The van der Waals surface area contributed by atoms with Crippen molar-refractivity contribution >= 4 is 29.0 Å². The van der Waals surface area contributed by atoms with Crippen molar-refractivity contribution < 1.29 is 14.6 Å². The zero-order chi connectivity index (χ0) is 17.4. The molecule has 1 spiro atoms. The van der Waals surface area contributed by atoms with Crippen LogP contribution in [0.5, 0.6) is 5.75 Å². The van der Waals surface area contributed by atoms with Gasteiger partial charge in [-0.15, -0.1) is 23.1 Å². The minimum atomic E-state index is -0.00978. The number of phenolic OH excluding ortho intramolecular Hbond substituents is 1. The van der Waals surface area contributed by atoms with Gasteiger partial charge in [0.1, 0.15) is 5.75 Å². The van der Waals surface area contributed by atoms with E-state index in [-0.39, 0.29) is 22.5 Å². The molecule has 4 rings (SSSR count). The molecule has 2 saturated heterocycles. The Morgan fingerprint density at radius 2 is 2.32 bits per heavy atom. The third kappa shape index (κ3) is 3.54. The number of thioether (sulfide) groups is 1. The van der Waals surface area contributed by atoms with Crippen molar-refractivity contribution in [1.29, 1.82) is 0 Å². The third-order valence-electron chi connectivity index (χ3n) is 4.65. The third-order valence-corrected chi connectivity index (χ3v) is 7.04. The first kappa shape index (κ1) is 16.9. The van der Waals surface area contributed by atoms with Crippen LogP contribution in [0.2, 0.25) is 0 Å². The highest BCUT2D eigenvalue weighted by atomic mass is 32.2. The van der Waals surface area contributed by atoms with E-state index in [4.69, 9.17) is 4.74 Å². The minimum absolute atomic E-state index is 0.00978. The molecule has 2 aliphatic rings. The number of ether oxygens (including phenoxy) is 1. The molecule has 1 N–H and O–H groups in total. The van der Waals surface area contributed by atoms with Gasteiger partial charge in [0.2, 0.25) is 0 Å². The molecule has 0 saturated carbocycles. The number of amides is 1. The molecule has 5 nitrogen and oxygen atoms in total. The number of aryl methyl sites for hydroxylation is 1. The number of phenols is 1. The van der Waals surface area contributed by atoms with E-state index < -0.39 is 0 Å². The Balaban J connectivity index is 1.29. The highest BCUT2D eigenvalue weighted by molar-refractivity contribution is 8.01. The predicted molar refractivity (Wildman–Crippen MR) is 99.2 cm³/mol. The maximum absolute atomic E-state index is 12.5. The molecule has 1 amide bonds. The van der Waals surface area contributed by atoms with Crippen LogP contribution in [0.1, 0.15) is 27.5 Å². The van der Waals surface area contributed by atoms with Gasteiger partial charge in [0.25, 0.3) is 5.91 Å². The Morgan fingerprint density at radius 1 is 1.48 bits per heavy atom. The molecule has 7 heteroatoms. The SMILES string of the molecule is Cc1nc(CO[C@H]2CSC3(C2)CN(C(=O)c2cccc(O)c2)C3)cs1. The van der Waals surface area contributed by atoms with Crippen LogP contribution in [0.25, 0.3) is 0 Å². The van der Waals surface area contributed by atoms with Gasteiger partial charge in [-0.05, 0) is 31.5 Å².